The standard InChI is InChI=1S/C6H11NO3/c1-6(4-10-6)3-7-5(8)9-2/h3-4H2,1-2H3,(H,7,8)/t6-/m0/s1. The van der Waals surface area contributed by atoms with Gasteiger partial charge in [0.15, 0.2) is 0 Å². The summed E-state index contributed by atoms with van der Waals surface area (Å²) in [6.07, 6.45) is -0.406. The third-order valence-electron chi connectivity index (χ3n) is 1.43. The number of epoxide rings is 1. The maximum absolute atomic E-state index is 10.5. The molecule has 0 spiro atoms. The van der Waals surface area contributed by atoms with Crippen molar-refractivity contribution < 1.29 is 14.3 Å². The van der Waals surface area contributed by atoms with Gasteiger partial charge < -0.3 is 14.8 Å². The molecule has 0 saturated carbocycles. The van der Waals surface area contributed by atoms with Crippen molar-refractivity contribution in [3.63, 3.8) is 0 Å². The first kappa shape index (κ1) is 7.34. The molecule has 1 saturated heterocycles. The molecule has 1 amide bonds. The lowest BCUT2D eigenvalue weighted by atomic mass is 10.2. The molecular weight excluding hydrogens is 134 g/mol. The normalized spacial score (nSPS) is 29.4. The van der Waals surface area contributed by atoms with Gasteiger partial charge in [-0.3, -0.25) is 0 Å². The smallest absolute Gasteiger partial charge is 0.406 e. The summed E-state index contributed by atoms with van der Waals surface area (Å²) >= 11 is 0. The summed E-state index contributed by atoms with van der Waals surface area (Å²) in [6, 6.07) is 0. The molecule has 1 N–H and O–H groups in total. The Morgan fingerprint density at radius 1 is 1.90 bits per heavy atom. The van der Waals surface area contributed by atoms with Gasteiger partial charge in [-0.15, -0.1) is 0 Å². The van der Waals surface area contributed by atoms with Gasteiger partial charge in [-0.2, -0.15) is 0 Å². The lowest BCUT2D eigenvalue weighted by molar-refractivity contribution is 0.167. The molecule has 1 rings (SSSR count). The van der Waals surface area contributed by atoms with Crippen LogP contribution in [0.15, 0.2) is 0 Å². The van der Waals surface area contributed by atoms with E-state index >= 15 is 0 Å². The number of nitrogens with one attached hydrogen (secondary N) is 1. The molecule has 4 nitrogen and oxygen atoms in total. The van der Waals surface area contributed by atoms with E-state index in [-0.39, 0.29) is 5.60 Å². The van der Waals surface area contributed by atoms with Gasteiger partial charge in [0.2, 0.25) is 0 Å². The zero-order valence-corrected chi connectivity index (χ0v) is 6.14. The molecule has 4 heteroatoms. The SMILES string of the molecule is COC(=O)NC[C@@]1(C)CO1. The van der Waals surface area contributed by atoms with E-state index in [2.05, 4.69) is 10.1 Å². The number of carbonyl (C=O) groups is 1. The topological polar surface area (TPSA) is 50.9 Å². The molecule has 0 bridgehead atoms. The Bertz CT molecular complexity index is 142. The fraction of sp³-hybridized carbons (Fsp3) is 0.833. The molecule has 10 heavy (non-hydrogen) atoms. The molecule has 0 aromatic carbocycles. The van der Waals surface area contributed by atoms with E-state index in [0.29, 0.717) is 6.54 Å². The van der Waals surface area contributed by atoms with Gasteiger partial charge in [0.1, 0.15) is 5.60 Å². The number of alkyl carbamates (subject to hydrolysis) is 1. The second kappa shape index (κ2) is 2.46. The molecule has 1 heterocycles. The third kappa shape index (κ3) is 1.88. The average molecular weight is 145 g/mol. The van der Waals surface area contributed by atoms with Crippen LogP contribution in [0.5, 0.6) is 0 Å². The Kier molecular flexibility index (Phi) is 1.80. The van der Waals surface area contributed by atoms with Crippen LogP contribution in [-0.2, 0) is 9.47 Å². The first-order chi connectivity index (χ1) is 4.66. The van der Waals surface area contributed by atoms with Crippen LogP contribution in [0.1, 0.15) is 6.92 Å². The van der Waals surface area contributed by atoms with Gasteiger partial charge in [0.05, 0.1) is 20.3 Å². The fourth-order valence-electron chi connectivity index (χ4n) is 0.557. The highest BCUT2D eigenvalue weighted by atomic mass is 16.6. The molecule has 1 atom stereocenters. The van der Waals surface area contributed by atoms with Crippen molar-refractivity contribution in [2.75, 3.05) is 20.3 Å². The Labute approximate surface area is 59.5 Å². The Balaban J connectivity index is 2.10. The van der Waals surface area contributed by atoms with Crippen molar-refractivity contribution in [2.45, 2.75) is 12.5 Å². The van der Waals surface area contributed by atoms with Crippen LogP contribution in [0, 0.1) is 0 Å². The summed E-state index contributed by atoms with van der Waals surface area (Å²) in [5, 5.41) is 2.55. The molecule has 1 aliphatic rings. The fourth-order valence-corrected chi connectivity index (χ4v) is 0.557. The van der Waals surface area contributed by atoms with Crippen LogP contribution in [0.3, 0.4) is 0 Å². The van der Waals surface area contributed by atoms with Gasteiger partial charge in [-0.25, -0.2) is 4.79 Å². The number of ether oxygens (including phenoxy) is 2. The molecule has 58 valence electrons. The summed E-state index contributed by atoms with van der Waals surface area (Å²) in [5.41, 5.74) is -0.131. The molecule has 0 aliphatic carbocycles. The highest BCUT2D eigenvalue weighted by Gasteiger charge is 2.39. The van der Waals surface area contributed by atoms with Crippen LogP contribution in [0.4, 0.5) is 4.79 Å². The lowest BCUT2D eigenvalue weighted by Gasteiger charge is -2.05. The van der Waals surface area contributed by atoms with E-state index < -0.39 is 6.09 Å². The van der Waals surface area contributed by atoms with Gasteiger partial charge >= 0.3 is 6.09 Å². The number of methoxy groups -OCH3 is 1. The number of hydrogen-bond donors (Lipinski definition) is 1. The van der Waals surface area contributed by atoms with Crippen molar-refractivity contribution in [1.82, 2.24) is 5.32 Å². The first-order valence-electron chi connectivity index (χ1n) is 3.12. The summed E-state index contributed by atoms with van der Waals surface area (Å²) in [6.45, 7) is 3.18. The van der Waals surface area contributed by atoms with Crippen LogP contribution in [0.2, 0.25) is 0 Å². The van der Waals surface area contributed by atoms with E-state index in [1.54, 1.807) is 0 Å². The minimum Gasteiger partial charge on any atom is -0.453 e. The molecule has 1 aliphatic heterocycles. The predicted molar refractivity (Wildman–Crippen MR) is 34.8 cm³/mol. The molecule has 1 fully saturated rings. The van der Waals surface area contributed by atoms with Crippen molar-refractivity contribution in [1.29, 1.82) is 0 Å². The lowest BCUT2D eigenvalue weighted by Crippen LogP contribution is -2.32. The average Bonchev–Trinajstić information content (AvgIpc) is 2.64. The van der Waals surface area contributed by atoms with Gasteiger partial charge in [-0.1, -0.05) is 0 Å². The zero-order chi connectivity index (χ0) is 7.61. The molecule has 0 unspecified atom stereocenters. The molecule has 0 aromatic rings. The van der Waals surface area contributed by atoms with Crippen molar-refractivity contribution in [2.24, 2.45) is 0 Å². The number of rotatable bonds is 2. The van der Waals surface area contributed by atoms with Crippen molar-refractivity contribution in [3.05, 3.63) is 0 Å². The number of amides is 1. The van der Waals surface area contributed by atoms with E-state index in [9.17, 15) is 4.79 Å². The Morgan fingerprint density at radius 2 is 2.50 bits per heavy atom. The van der Waals surface area contributed by atoms with Crippen molar-refractivity contribution in [3.8, 4) is 0 Å². The highest BCUT2D eigenvalue weighted by molar-refractivity contribution is 5.67. The third-order valence-corrected chi connectivity index (χ3v) is 1.43. The van der Waals surface area contributed by atoms with Crippen LogP contribution in [-0.4, -0.2) is 32.0 Å². The molecular formula is C6H11NO3. The predicted octanol–water partition coefficient (Wildman–Crippen LogP) is 0.131. The maximum Gasteiger partial charge on any atom is 0.406 e. The van der Waals surface area contributed by atoms with Crippen molar-refractivity contribution >= 4 is 6.09 Å². The Hall–Kier alpha value is -0.770. The van der Waals surface area contributed by atoms with Crippen LogP contribution < -0.4 is 5.32 Å². The monoisotopic (exact) mass is 145 g/mol. The van der Waals surface area contributed by atoms with Crippen LogP contribution >= 0.6 is 0 Å². The zero-order valence-electron chi connectivity index (χ0n) is 6.14. The van der Waals surface area contributed by atoms with E-state index in [4.69, 9.17) is 4.74 Å². The number of hydrogen-bond acceptors (Lipinski definition) is 3. The summed E-state index contributed by atoms with van der Waals surface area (Å²) < 4.78 is 9.39. The van der Waals surface area contributed by atoms with Crippen LogP contribution in [0.25, 0.3) is 0 Å². The van der Waals surface area contributed by atoms with Gasteiger partial charge in [-0.05, 0) is 6.92 Å². The minimum atomic E-state index is -0.406. The maximum atomic E-state index is 10.5. The summed E-state index contributed by atoms with van der Waals surface area (Å²) in [7, 11) is 1.34. The van der Waals surface area contributed by atoms with E-state index in [1.807, 2.05) is 6.92 Å². The van der Waals surface area contributed by atoms with E-state index in [0.717, 1.165) is 6.61 Å². The van der Waals surface area contributed by atoms with Gasteiger partial charge in [0, 0.05) is 0 Å². The second-order valence-electron chi connectivity index (χ2n) is 2.58. The summed E-state index contributed by atoms with van der Waals surface area (Å²) in [5.74, 6) is 0. The molecule has 0 radical (unpaired) electrons. The summed E-state index contributed by atoms with van der Waals surface area (Å²) in [4.78, 5) is 10.5. The second-order valence-corrected chi connectivity index (χ2v) is 2.58. The number of carbonyl (C=O) groups excluding carboxylic acids is 1. The Morgan fingerprint density at radius 3 is 2.90 bits per heavy atom. The van der Waals surface area contributed by atoms with E-state index in [1.165, 1.54) is 7.11 Å². The quantitative estimate of drug-likeness (QED) is 0.562. The largest absolute Gasteiger partial charge is 0.453 e. The highest BCUT2D eigenvalue weighted by Crippen LogP contribution is 2.24. The van der Waals surface area contributed by atoms with Gasteiger partial charge in [0.25, 0.3) is 0 Å². The minimum absolute atomic E-state index is 0.131. The molecule has 0 aromatic heterocycles. The first-order valence-corrected chi connectivity index (χ1v) is 3.12.